The Kier molecular flexibility index (Phi) is 3.59. The van der Waals surface area contributed by atoms with Crippen LogP contribution in [-0.4, -0.2) is 15.8 Å². The van der Waals surface area contributed by atoms with Gasteiger partial charge in [-0.05, 0) is 54.0 Å². The normalized spacial score (nSPS) is 23.0. The summed E-state index contributed by atoms with van der Waals surface area (Å²) in [5, 5.41) is 0. The number of imidazole rings is 1. The number of fused-ring (bicyclic) bond motifs is 5. The molecule has 0 aliphatic heterocycles. The van der Waals surface area contributed by atoms with Crippen molar-refractivity contribution in [1.29, 1.82) is 0 Å². The summed E-state index contributed by atoms with van der Waals surface area (Å²) in [5.74, 6) is -0.0464. The van der Waals surface area contributed by atoms with Crippen LogP contribution in [-0.2, 0) is 11.2 Å². The zero-order valence-electron chi connectivity index (χ0n) is 14.3. The van der Waals surface area contributed by atoms with E-state index in [2.05, 4.69) is 16.9 Å². The monoisotopic (exact) mass is 326 g/mol. The number of Topliss-reactive ketones (excluding diaryl/α,β-unsaturated/α-hetero) is 1. The molecule has 0 bridgehead atoms. The molecule has 2 aliphatic rings. The van der Waals surface area contributed by atoms with Crippen molar-refractivity contribution in [3.05, 3.63) is 34.9 Å². The van der Waals surface area contributed by atoms with Gasteiger partial charge in [0.05, 0.1) is 11.8 Å². The lowest BCUT2D eigenvalue weighted by molar-refractivity contribution is -0.116. The molecule has 126 valence electrons. The number of hydrogen-bond acceptors (Lipinski definition) is 2. The summed E-state index contributed by atoms with van der Waals surface area (Å²) in [6, 6.07) is 1.62. The largest absolute Gasteiger partial charge is 0.344 e. The molecular weight excluding hydrogens is 303 g/mol. The highest BCUT2D eigenvalue weighted by atomic mass is 19.1. The lowest BCUT2D eigenvalue weighted by Crippen LogP contribution is -2.28. The van der Waals surface area contributed by atoms with Gasteiger partial charge in [0.15, 0.2) is 11.6 Å². The van der Waals surface area contributed by atoms with Crippen LogP contribution in [0.25, 0.3) is 16.6 Å². The number of allylic oxidation sites excluding steroid dienone is 2. The van der Waals surface area contributed by atoms with Crippen molar-refractivity contribution >= 4 is 22.4 Å². The summed E-state index contributed by atoms with van der Waals surface area (Å²) < 4.78 is 14.5. The number of ketones is 1. The first-order valence-electron chi connectivity index (χ1n) is 9.03. The number of unbranched alkanes of at least 4 members (excludes halogenated alkanes) is 1. The molecule has 1 aromatic carbocycles. The molecule has 1 unspecified atom stereocenters. The predicted molar refractivity (Wildman–Crippen MR) is 93.2 cm³/mol. The van der Waals surface area contributed by atoms with Gasteiger partial charge in [0.1, 0.15) is 5.52 Å². The number of hydrogen-bond donors (Lipinski definition) is 1. The Labute approximate surface area is 141 Å². The number of halogens is 1. The standard InChI is InChI=1S/C20H23FN2O/c1-3-5-7-20-8-6-16(24)12(4-2)17(20)13-9-15(21)19-18(14(13)10-20)22-11-23-19/h9,11H,3-8,10H2,1-2H3,(H,22,23). The lowest BCUT2D eigenvalue weighted by atomic mass is 9.67. The summed E-state index contributed by atoms with van der Waals surface area (Å²) in [5.41, 5.74) is 5.40. The highest BCUT2D eigenvalue weighted by molar-refractivity contribution is 6.07. The number of nitrogens with one attached hydrogen (secondary N) is 1. The van der Waals surface area contributed by atoms with E-state index in [1.54, 1.807) is 12.4 Å². The minimum Gasteiger partial charge on any atom is -0.344 e. The molecule has 0 saturated heterocycles. The second-order valence-electron chi connectivity index (χ2n) is 7.20. The highest BCUT2D eigenvalue weighted by Crippen LogP contribution is 2.57. The second kappa shape index (κ2) is 5.54. The smallest absolute Gasteiger partial charge is 0.159 e. The minimum atomic E-state index is -0.294. The zero-order valence-corrected chi connectivity index (χ0v) is 14.3. The number of aromatic amines is 1. The van der Waals surface area contributed by atoms with Gasteiger partial charge in [0.2, 0.25) is 0 Å². The minimum absolute atomic E-state index is 0.00340. The van der Waals surface area contributed by atoms with Gasteiger partial charge in [0.25, 0.3) is 0 Å². The molecule has 0 saturated carbocycles. The third-order valence-corrected chi connectivity index (χ3v) is 5.91. The number of benzene rings is 1. The van der Waals surface area contributed by atoms with Crippen LogP contribution < -0.4 is 0 Å². The molecule has 2 aromatic rings. The molecule has 4 heteroatoms. The van der Waals surface area contributed by atoms with Gasteiger partial charge in [-0.15, -0.1) is 0 Å². The van der Waals surface area contributed by atoms with Gasteiger partial charge >= 0.3 is 0 Å². The Morgan fingerprint density at radius 2 is 2.21 bits per heavy atom. The van der Waals surface area contributed by atoms with E-state index in [1.807, 2.05) is 6.92 Å². The summed E-state index contributed by atoms with van der Waals surface area (Å²) in [6.07, 6.45) is 8.04. The van der Waals surface area contributed by atoms with E-state index in [4.69, 9.17) is 0 Å². The molecular formula is C20H23FN2O. The Balaban J connectivity index is 2.01. The first-order chi connectivity index (χ1) is 11.6. The van der Waals surface area contributed by atoms with E-state index in [-0.39, 0.29) is 17.0 Å². The molecule has 0 fully saturated rings. The van der Waals surface area contributed by atoms with Crippen molar-refractivity contribution in [1.82, 2.24) is 9.97 Å². The molecule has 0 amide bonds. The average molecular weight is 326 g/mol. The molecule has 0 radical (unpaired) electrons. The van der Waals surface area contributed by atoms with Crippen molar-refractivity contribution in [2.24, 2.45) is 5.41 Å². The van der Waals surface area contributed by atoms with Crippen LogP contribution in [0.4, 0.5) is 4.39 Å². The van der Waals surface area contributed by atoms with E-state index in [9.17, 15) is 9.18 Å². The van der Waals surface area contributed by atoms with E-state index >= 15 is 0 Å². The van der Waals surface area contributed by atoms with Crippen LogP contribution in [0, 0.1) is 11.2 Å². The molecule has 1 N–H and O–H groups in total. The summed E-state index contributed by atoms with van der Waals surface area (Å²) >= 11 is 0. The van der Waals surface area contributed by atoms with Gasteiger partial charge in [-0.25, -0.2) is 9.37 Å². The molecule has 24 heavy (non-hydrogen) atoms. The number of H-pyrrole nitrogens is 1. The first-order valence-corrected chi connectivity index (χ1v) is 9.03. The Morgan fingerprint density at radius 3 is 2.96 bits per heavy atom. The van der Waals surface area contributed by atoms with Gasteiger partial charge < -0.3 is 4.98 Å². The van der Waals surface area contributed by atoms with Crippen molar-refractivity contribution in [2.45, 2.75) is 58.8 Å². The summed E-state index contributed by atoms with van der Waals surface area (Å²) in [4.78, 5) is 19.8. The quantitative estimate of drug-likeness (QED) is 0.863. The van der Waals surface area contributed by atoms with Crippen LogP contribution in [0.5, 0.6) is 0 Å². The summed E-state index contributed by atoms with van der Waals surface area (Å²) in [7, 11) is 0. The molecule has 1 heterocycles. The SMILES string of the molecule is CCCCC12CCC(=O)C(CC)=C1c1cc(F)c3nc[nH]c3c1C2. The van der Waals surface area contributed by atoms with E-state index in [0.717, 1.165) is 66.3 Å². The molecule has 4 rings (SSSR count). The first kappa shape index (κ1) is 15.6. The zero-order chi connectivity index (χ0) is 16.9. The van der Waals surface area contributed by atoms with Crippen molar-refractivity contribution in [3.63, 3.8) is 0 Å². The third kappa shape index (κ3) is 2.01. The fourth-order valence-corrected chi connectivity index (χ4v) is 4.81. The maximum Gasteiger partial charge on any atom is 0.159 e. The van der Waals surface area contributed by atoms with Gasteiger partial charge in [-0.3, -0.25) is 4.79 Å². The fourth-order valence-electron chi connectivity index (χ4n) is 4.81. The fraction of sp³-hybridized carbons (Fsp3) is 0.500. The predicted octanol–water partition coefficient (Wildman–Crippen LogP) is 4.96. The molecule has 1 aromatic heterocycles. The molecule has 0 spiro atoms. The number of carbonyl (C=O) groups excluding carboxylic acids is 1. The van der Waals surface area contributed by atoms with Gasteiger partial charge in [0, 0.05) is 11.8 Å². The highest BCUT2D eigenvalue weighted by Gasteiger charge is 2.47. The van der Waals surface area contributed by atoms with Gasteiger partial charge in [-0.2, -0.15) is 0 Å². The van der Waals surface area contributed by atoms with Crippen LogP contribution in [0.2, 0.25) is 0 Å². The summed E-state index contributed by atoms with van der Waals surface area (Å²) in [6.45, 7) is 4.24. The number of rotatable bonds is 4. The Bertz CT molecular complexity index is 864. The molecule has 3 nitrogen and oxygen atoms in total. The topological polar surface area (TPSA) is 45.8 Å². The Hall–Kier alpha value is -1.97. The third-order valence-electron chi connectivity index (χ3n) is 5.91. The maximum absolute atomic E-state index is 14.5. The van der Waals surface area contributed by atoms with E-state index in [0.29, 0.717) is 11.9 Å². The van der Waals surface area contributed by atoms with Crippen molar-refractivity contribution < 1.29 is 9.18 Å². The van der Waals surface area contributed by atoms with Crippen molar-refractivity contribution in [2.75, 3.05) is 0 Å². The number of nitrogens with zero attached hydrogens (tertiary/aromatic N) is 1. The number of carbonyl (C=O) groups is 1. The molecule has 1 atom stereocenters. The van der Waals surface area contributed by atoms with E-state index in [1.165, 1.54) is 0 Å². The van der Waals surface area contributed by atoms with Crippen molar-refractivity contribution in [3.8, 4) is 0 Å². The lowest BCUT2D eigenvalue weighted by Gasteiger charge is -2.36. The van der Waals surface area contributed by atoms with E-state index < -0.39 is 0 Å². The van der Waals surface area contributed by atoms with Gasteiger partial charge in [-0.1, -0.05) is 26.7 Å². The Morgan fingerprint density at radius 1 is 1.38 bits per heavy atom. The van der Waals surface area contributed by atoms with Crippen LogP contribution in [0.3, 0.4) is 0 Å². The second-order valence-corrected chi connectivity index (χ2v) is 7.20. The van der Waals surface area contributed by atoms with Crippen LogP contribution in [0.15, 0.2) is 18.0 Å². The van der Waals surface area contributed by atoms with Crippen LogP contribution >= 0.6 is 0 Å². The number of aromatic nitrogens is 2. The maximum atomic E-state index is 14.5. The van der Waals surface area contributed by atoms with Crippen LogP contribution in [0.1, 0.15) is 63.5 Å². The average Bonchev–Trinajstić information content (AvgIpc) is 3.17. The molecule has 2 aliphatic carbocycles.